The van der Waals surface area contributed by atoms with E-state index >= 15 is 0 Å². The number of rotatable bonds is 4. The van der Waals surface area contributed by atoms with Crippen molar-refractivity contribution in [2.75, 3.05) is 0 Å². The third-order valence-electron chi connectivity index (χ3n) is 10.6. The van der Waals surface area contributed by atoms with Gasteiger partial charge in [-0.05, 0) is 69.8 Å². The quantitative estimate of drug-likeness (QED) is 0.184. The van der Waals surface area contributed by atoms with Crippen molar-refractivity contribution in [2.24, 2.45) is 0 Å². The molecule has 0 N–H and O–H groups in total. The van der Waals surface area contributed by atoms with Crippen LogP contribution >= 0.6 is 0 Å². The highest BCUT2D eigenvalue weighted by atomic mass is 16.5. The maximum absolute atomic E-state index is 9.90. The molecule has 0 radical (unpaired) electrons. The predicted molar refractivity (Wildman–Crippen MR) is 211 cm³/mol. The Morgan fingerprint density at radius 1 is 0.444 bits per heavy atom. The molecule has 1 spiro atoms. The fourth-order valence-electron chi connectivity index (χ4n) is 8.38. The SMILES string of the molecule is N#Cc1cc(C#N)cc(-c2cccc3c2-c2ccccc2C32c3ccccc3Oc3c(-c4cc(-c5ccccc5)nc(-c5ccccc5)n4)cccc32)c1. The first kappa shape index (κ1) is 31.2. The van der Waals surface area contributed by atoms with Crippen molar-refractivity contribution >= 4 is 0 Å². The van der Waals surface area contributed by atoms with E-state index in [0.717, 1.165) is 84.1 Å². The molecule has 0 saturated carbocycles. The Hall–Kier alpha value is -7.60. The molecule has 2 heterocycles. The van der Waals surface area contributed by atoms with Crippen LogP contribution in [0.2, 0.25) is 0 Å². The van der Waals surface area contributed by atoms with Gasteiger partial charge in [-0.15, -0.1) is 0 Å². The van der Waals surface area contributed by atoms with E-state index in [1.165, 1.54) is 0 Å². The van der Waals surface area contributed by atoms with Crippen molar-refractivity contribution in [3.63, 3.8) is 0 Å². The summed E-state index contributed by atoms with van der Waals surface area (Å²) in [5.41, 5.74) is 12.7. The Labute approximate surface area is 312 Å². The summed E-state index contributed by atoms with van der Waals surface area (Å²) in [6.45, 7) is 0. The molecule has 1 aliphatic heterocycles. The molecule has 0 amide bonds. The standard InChI is InChI=1S/C49H28N4O/c50-29-31-25-32(30-51)27-35(26-31)36-18-11-22-41-46(36)37-17-7-8-20-39(37)49(41)40-21-9-10-24-45(40)54-47-38(19-12-23-42(47)49)44-28-43(33-13-3-1-4-14-33)52-48(53-44)34-15-5-2-6-16-34/h1-28H. The summed E-state index contributed by atoms with van der Waals surface area (Å²) < 4.78 is 7.01. The summed E-state index contributed by atoms with van der Waals surface area (Å²) in [4.78, 5) is 10.3. The Morgan fingerprint density at radius 2 is 1.02 bits per heavy atom. The third-order valence-corrected chi connectivity index (χ3v) is 10.6. The number of fused-ring (bicyclic) bond motifs is 9. The van der Waals surface area contributed by atoms with Gasteiger partial charge in [0.15, 0.2) is 5.82 Å². The first-order valence-electron chi connectivity index (χ1n) is 17.8. The molecule has 54 heavy (non-hydrogen) atoms. The molecule has 7 aromatic carbocycles. The van der Waals surface area contributed by atoms with Crippen LogP contribution in [0.25, 0.3) is 56.2 Å². The zero-order valence-electron chi connectivity index (χ0n) is 28.9. The molecule has 1 atom stereocenters. The highest BCUT2D eigenvalue weighted by Crippen LogP contribution is 2.64. The molecular formula is C49H28N4O. The molecule has 8 aromatic rings. The van der Waals surface area contributed by atoms with Gasteiger partial charge < -0.3 is 4.74 Å². The second-order valence-electron chi connectivity index (χ2n) is 13.5. The second kappa shape index (κ2) is 12.3. The number of hydrogen-bond donors (Lipinski definition) is 0. The van der Waals surface area contributed by atoms with Crippen LogP contribution in [0.5, 0.6) is 11.5 Å². The molecule has 1 unspecified atom stereocenters. The highest BCUT2D eigenvalue weighted by Gasteiger charge is 2.52. The number of hydrogen-bond acceptors (Lipinski definition) is 5. The van der Waals surface area contributed by atoms with Gasteiger partial charge in [0.25, 0.3) is 0 Å². The van der Waals surface area contributed by atoms with Crippen LogP contribution in [0, 0.1) is 22.7 Å². The Balaban J connectivity index is 1.27. The molecule has 0 saturated heterocycles. The van der Waals surface area contributed by atoms with Crippen molar-refractivity contribution in [1.82, 2.24) is 9.97 Å². The molecule has 250 valence electrons. The number of aromatic nitrogens is 2. The van der Waals surface area contributed by atoms with Gasteiger partial charge in [0.1, 0.15) is 11.5 Å². The van der Waals surface area contributed by atoms with Crippen molar-refractivity contribution in [3.05, 3.63) is 203 Å². The minimum Gasteiger partial charge on any atom is -0.456 e. The zero-order valence-corrected chi connectivity index (χ0v) is 28.9. The summed E-state index contributed by atoms with van der Waals surface area (Å²) in [7, 11) is 0. The number of nitriles is 2. The second-order valence-corrected chi connectivity index (χ2v) is 13.5. The number of ether oxygens (including phenoxy) is 1. The lowest BCUT2D eigenvalue weighted by Gasteiger charge is -2.40. The minimum atomic E-state index is -0.745. The molecule has 0 bridgehead atoms. The summed E-state index contributed by atoms with van der Waals surface area (Å²) in [6.07, 6.45) is 0. The van der Waals surface area contributed by atoms with Gasteiger partial charge in [0, 0.05) is 27.8 Å². The lowest BCUT2D eigenvalue weighted by Crippen LogP contribution is -2.32. The maximum Gasteiger partial charge on any atom is 0.160 e. The van der Waals surface area contributed by atoms with Gasteiger partial charge in [-0.2, -0.15) is 10.5 Å². The van der Waals surface area contributed by atoms with Crippen molar-refractivity contribution < 1.29 is 4.74 Å². The Kier molecular flexibility index (Phi) is 7.08. The Bertz CT molecular complexity index is 2800. The lowest BCUT2D eigenvalue weighted by atomic mass is 9.65. The van der Waals surface area contributed by atoms with Gasteiger partial charge >= 0.3 is 0 Å². The topological polar surface area (TPSA) is 82.6 Å². The third kappa shape index (κ3) is 4.63. The lowest BCUT2D eigenvalue weighted by molar-refractivity contribution is 0.438. The summed E-state index contributed by atoms with van der Waals surface area (Å²) >= 11 is 0. The van der Waals surface area contributed by atoms with E-state index in [1.807, 2.05) is 72.8 Å². The van der Waals surface area contributed by atoms with Crippen LogP contribution in [-0.4, -0.2) is 9.97 Å². The molecule has 2 aliphatic rings. The van der Waals surface area contributed by atoms with Gasteiger partial charge in [0.2, 0.25) is 0 Å². The van der Waals surface area contributed by atoms with Crippen LogP contribution in [0.3, 0.4) is 0 Å². The van der Waals surface area contributed by atoms with E-state index in [0.29, 0.717) is 17.0 Å². The van der Waals surface area contributed by atoms with Gasteiger partial charge in [-0.25, -0.2) is 9.97 Å². The molecule has 10 rings (SSSR count). The van der Waals surface area contributed by atoms with Crippen molar-refractivity contribution in [3.8, 4) is 79.8 Å². The van der Waals surface area contributed by atoms with Crippen LogP contribution < -0.4 is 4.74 Å². The average molecular weight is 689 g/mol. The smallest absolute Gasteiger partial charge is 0.160 e. The first-order valence-corrected chi connectivity index (χ1v) is 17.8. The number of para-hydroxylation sites is 2. The number of nitrogens with zero attached hydrogens (tertiary/aromatic N) is 4. The highest BCUT2D eigenvalue weighted by molar-refractivity contribution is 5.97. The van der Waals surface area contributed by atoms with E-state index in [-0.39, 0.29) is 0 Å². The zero-order chi connectivity index (χ0) is 36.2. The first-order chi connectivity index (χ1) is 26.7. The monoisotopic (exact) mass is 688 g/mol. The van der Waals surface area contributed by atoms with E-state index in [1.54, 1.807) is 6.07 Å². The number of benzene rings is 7. The molecule has 0 fully saturated rings. The molecule has 1 aliphatic carbocycles. The molecular weight excluding hydrogens is 661 g/mol. The molecule has 5 nitrogen and oxygen atoms in total. The van der Waals surface area contributed by atoms with E-state index < -0.39 is 5.41 Å². The minimum absolute atomic E-state index is 0.448. The van der Waals surface area contributed by atoms with E-state index in [9.17, 15) is 10.5 Å². The summed E-state index contributed by atoms with van der Waals surface area (Å²) in [6, 6.07) is 61.8. The molecule has 5 heteroatoms. The van der Waals surface area contributed by atoms with Crippen molar-refractivity contribution in [1.29, 1.82) is 10.5 Å². The van der Waals surface area contributed by atoms with Crippen LogP contribution in [0.15, 0.2) is 170 Å². The Morgan fingerprint density at radius 3 is 1.76 bits per heavy atom. The van der Waals surface area contributed by atoms with E-state index in [2.05, 4.69) is 103 Å². The maximum atomic E-state index is 9.90. The fourth-order valence-corrected chi connectivity index (χ4v) is 8.38. The normalized spacial score (nSPS) is 14.5. The molecule has 1 aromatic heterocycles. The van der Waals surface area contributed by atoms with Crippen LogP contribution in [0.4, 0.5) is 0 Å². The van der Waals surface area contributed by atoms with Crippen molar-refractivity contribution in [2.45, 2.75) is 5.41 Å². The average Bonchev–Trinajstić information content (AvgIpc) is 3.54. The summed E-state index contributed by atoms with van der Waals surface area (Å²) in [5.74, 6) is 2.14. The summed E-state index contributed by atoms with van der Waals surface area (Å²) in [5, 5.41) is 19.8. The van der Waals surface area contributed by atoms with Gasteiger partial charge in [-0.1, -0.05) is 133 Å². The van der Waals surface area contributed by atoms with Crippen LogP contribution in [-0.2, 0) is 5.41 Å². The van der Waals surface area contributed by atoms with Gasteiger partial charge in [-0.3, -0.25) is 0 Å². The fraction of sp³-hybridized carbons (Fsp3) is 0.0204. The van der Waals surface area contributed by atoms with E-state index in [4.69, 9.17) is 14.7 Å². The van der Waals surface area contributed by atoms with Crippen LogP contribution in [0.1, 0.15) is 33.4 Å². The van der Waals surface area contributed by atoms with Gasteiger partial charge in [0.05, 0.1) is 40.1 Å². The predicted octanol–water partition coefficient (Wildman–Crippen LogP) is 11.4. The largest absolute Gasteiger partial charge is 0.456 e.